The predicted octanol–water partition coefficient (Wildman–Crippen LogP) is 6.52. The third-order valence-corrected chi connectivity index (χ3v) is 6.69. The van der Waals surface area contributed by atoms with Crippen LogP contribution >= 0.6 is 12.4 Å². The zero-order valence-corrected chi connectivity index (χ0v) is 18.9. The highest BCUT2D eigenvalue weighted by atomic mass is 35.5. The third-order valence-electron chi connectivity index (χ3n) is 6.69. The molecule has 1 unspecified atom stereocenters. The molecule has 0 N–H and O–H groups in total. The van der Waals surface area contributed by atoms with Crippen LogP contribution in [-0.2, 0) is 6.54 Å². The summed E-state index contributed by atoms with van der Waals surface area (Å²) in [5.74, 6) is 0.964. The number of rotatable bonds is 7. The van der Waals surface area contributed by atoms with E-state index in [0.717, 1.165) is 37.0 Å². The summed E-state index contributed by atoms with van der Waals surface area (Å²) in [4.78, 5) is 15.6. The lowest BCUT2D eigenvalue weighted by atomic mass is 9.89. The first kappa shape index (κ1) is 22.6. The smallest absolute Gasteiger partial charge is 0.165 e. The van der Waals surface area contributed by atoms with E-state index in [1.807, 2.05) is 12.1 Å². The predicted molar refractivity (Wildman–Crippen MR) is 128 cm³/mol. The Morgan fingerprint density at radius 3 is 2.40 bits per heavy atom. The normalized spacial score (nSPS) is 16.3. The Kier molecular flexibility index (Phi) is 7.74. The van der Waals surface area contributed by atoms with E-state index >= 15 is 0 Å². The largest absolute Gasteiger partial charge is 0.347 e. The van der Waals surface area contributed by atoms with E-state index in [1.54, 1.807) is 0 Å². The van der Waals surface area contributed by atoms with Crippen LogP contribution in [0.1, 0.15) is 61.5 Å². The van der Waals surface area contributed by atoms with Crippen LogP contribution in [0.15, 0.2) is 60.8 Å². The van der Waals surface area contributed by atoms with E-state index in [1.165, 1.54) is 23.9 Å². The Morgan fingerprint density at radius 2 is 1.70 bits per heavy atom. The van der Waals surface area contributed by atoms with Gasteiger partial charge < -0.3 is 4.57 Å². The quantitative estimate of drug-likeness (QED) is 0.403. The van der Waals surface area contributed by atoms with Crippen LogP contribution in [0.2, 0.25) is 0 Å². The standard InChI is InChI=1S/C26H32N2O.ClH/c1-3-27-19-24(23-11-7-8-12-25(23)27)26(29)14-13-21-15-17-28(18-16-21)20(2)22-9-5-4-6-10-22;/h4-12,19-21H,3,13-18H2,1-2H3;1H. The third kappa shape index (κ3) is 4.79. The number of hydrogen-bond donors (Lipinski definition) is 0. The second-order valence-electron chi connectivity index (χ2n) is 8.37. The summed E-state index contributed by atoms with van der Waals surface area (Å²) in [6, 6.07) is 19.5. The van der Waals surface area contributed by atoms with Gasteiger partial charge >= 0.3 is 0 Å². The molecule has 1 aliphatic heterocycles. The lowest BCUT2D eigenvalue weighted by Crippen LogP contribution is -2.35. The molecule has 3 aromatic rings. The van der Waals surface area contributed by atoms with Gasteiger partial charge in [-0.05, 0) is 63.7 Å². The van der Waals surface area contributed by atoms with Gasteiger partial charge in [-0.15, -0.1) is 12.4 Å². The summed E-state index contributed by atoms with van der Waals surface area (Å²) in [6.45, 7) is 7.59. The number of carbonyl (C=O) groups is 1. The SMILES string of the molecule is CCn1cc(C(=O)CCC2CCN(C(C)c3ccccc3)CC2)c2ccccc21.Cl. The van der Waals surface area contributed by atoms with Crippen LogP contribution in [-0.4, -0.2) is 28.3 Å². The van der Waals surface area contributed by atoms with Gasteiger partial charge in [0.2, 0.25) is 0 Å². The number of para-hydroxylation sites is 1. The molecule has 0 amide bonds. The fourth-order valence-corrected chi connectivity index (χ4v) is 4.77. The Balaban J connectivity index is 0.00000256. The van der Waals surface area contributed by atoms with Gasteiger partial charge in [0.15, 0.2) is 5.78 Å². The molecule has 0 aliphatic carbocycles. The van der Waals surface area contributed by atoms with Gasteiger partial charge in [0, 0.05) is 41.7 Å². The first-order valence-corrected chi connectivity index (χ1v) is 11.1. The summed E-state index contributed by atoms with van der Waals surface area (Å²) in [7, 11) is 0. The van der Waals surface area contributed by atoms with E-state index in [2.05, 4.69) is 72.0 Å². The number of benzene rings is 2. The molecule has 0 bridgehead atoms. The number of ketones is 1. The number of piperidine rings is 1. The summed E-state index contributed by atoms with van der Waals surface area (Å²) < 4.78 is 2.19. The van der Waals surface area contributed by atoms with Crippen LogP contribution in [0, 0.1) is 5.92 Å². The van der Waals surface area contributed by atoms with Gasteiger partial charge in [0.05, 0.1) is 0 Å². The molecule has 160 valence electrons. The molecule has 1 aromatic heterocycles. The van der Waals surface area contributed by atoms with Crippen molar-refractivity contribution in [1.82, 2.24) is 9.47 Å². The number of nitrogens with zero attached hydrogens (tertiary/aromatic N) is 2. The first-order chi connectivity index (χ1) is 14.2. The molecule has 4 rings (SSSR count). The Bertz CT molecular complexity index is 958. The van der Waals surface area contributed by atoms with E-state index in [9.17, 15) is 4.79 Å². The Labute approximate surface area is 186 Å². The van der Waals surface area contributed by atoms with Crippen molar-refractivity contribution in [2.45, 2.75) is 52.1 Å². The minimum atomic E-state index is 0. The highest BCUT2D eigenvalue weighted by Crippen LogP contribution is 2.30. The summed E-state index contributed by atoms with van der Waals surface area (Å²) in [5.41, 5.74) is 3.47. The van der Waals surface area contributed by atoms with Crippen LogP contribution in [0.5, 0.6) is 0 Å². The zero-order chi connectivity index (χ0) is 20.2. The highest BCUT2D eigenvalue weighted by molar-refractivity contribution is 6.08. The van der Waals surface area contributed by atoms with E-state index in [-0.39, 0.29) is 12.4 Å². The molecule has 2 aromatic carbocycles. The minimum Gasteiger partial charge on any atom is -0.347 e. The highest BCUT2D eigenvalue weighted by Gasteiger charge is 2.24. The molecule has 2 heterocycles. The molecular formula is C26H33ClN2O. The van der Waals surface area contributed by atoms with Gasteiger partial charge in [-0.3, -0.25) is 9.69 Å². The monoisotopic (exact) mass is 424 g/mol. The Hall–Kier alpha value is -2.10. The molecule has 0 spiro atoms. The van der Waals surface area contributed by atoms with Crippen molar-refractivity contribution in [2.24, 2.45) is 5.92 Å². The van der Waals surface area contributed by atoms with Crippen LogP contribution < -0.4 is 0 Å². The van der Waals surface area contributed by atoms with Gasteiger partial charge in [-0.1, -0.05) is 48.5 Å². The molecule has 0 saturated carbocycles. The maximum Gasteiger partial charge on any atom is 0.165 e. The molecule has 0 radical (unpaired) electrons. The van der Waals surface area contributed by atoms with E-state index < -0.39 is 0 Å². The average Bonchev–Trinajstić information content (AvgIpc) is 3.17. The number of aromatic nitrogens is 1. The van der Waals surface area contributed by atoms with Crippen LogP contribution in [0.4, 0.5) is 0 Å². The number of Topliss-reactive ketones (excluding diaryl/α,β-unsaturated/α-hetero) is 1. The molecule has 1 aliphatic rings. The maximum atomic E-state index is 13.0. The number of aryl methyl sites for hydroxylation is 1. The topological polar surface area (TPSA) is 25.2 Å². The lowest BCUT2D eigenvalue weighted by molar-refractivity contribution is 0.0953. The maximum absolute atomic E-state index is 13.0. The molecule has 30 heavy (non-hydrogen) atoms. The van der Waals surface area contributed by atoms with Crippen molar-refractivity contribution in [1.29, 1.82) is 0 Å². The summed E-state index contributed by atoms with van der Waals surface area (Å²) in [6.07, 6.45) is 6.12. The van der Waals surface area contributed by atoms with Crippen molar-refractivity contribution in [2.75, 3.05) is 13.1 Å². The second-order valence-corrected chi connectivity index (χ2v) is 8.37. The fraction of sp³-hybridized carbons (Fsp3) is 0.423. The number of likely N-dealkylation sites (tertiary alicyclic amines) is 1. The van der Waals surface area contributed by atoms with Crippen molar-refractivity contribution in [3.8, 4) is 0 Å². The summed E-state index contributed by atoms with van der Waals surface area (Å²) >= 11 is 0. The lowest BCUT2D eigenvalue weighted by Gasteiger charge is -2.36. The van der Waals surface area contributed by atoms with Gasteiger partial charge in [-0.2, -0.15) is 0 Å². The van der Waals surface area contributed by atoms with E-state index in [0.29, 0.717) is 24.2 Å². The summed E-state index contributed by atoms with van der Waals surface area (Å²) in [5, 5.41) is 1.10. The van der Waals surface area contributed by atoms with Gasteiger partial charge in [-0.25, -0.2) is 0 Å². The second kappa shape index (κ2) is 10.3. The van der Waals surface area contributed by atoms with Gasteiger partial charge in [0.1, 0.15) is 0 Å². The van der Waals surface area contributed by atoms with Crippen LogP contribution in [0.25, 0.3) is 10.9 Å². The number of fused-ring (bicyclic) bond motifs is 1. The first-order valence-electron chi connectivity index (χ1n) is 11.1. The van der Waals surface area contributed by atoms with E-state index in [4.69, 9.17) is 0 Å². The fourth-order valence-electron chi connectivity index (χ4n) is 4.77. The minimum absolute atomic E-state index is 0. The number of halogens is 1. The zero-order valence-electron chi connectivity index (χ0n) is 18.1. The number of hydrogen-bond acceptors (Lipinski definition) is 2. The van der Waals surface area contributed by atoms with Gasteiger partial charge in [0.25, 0.3) is 0 Å². The number of carbonyl (C=O) groups excluding carboxylic acids is 1. The molecule has 3 nitrogen and oxygen atoms in total. The molecular weight excluding hydrogens is 392 g/mol. The molecule has 4 heteroatoms. The van der Waals surface area contributed by atoms with Crippen molar-refractivity contribution < 1.29 is 4.79 Å². The molecule has 1 saturated heterocycles. The average molecular weight is 425 g/mol. The van der Waals surface area contributed by atoms with Crippen molar-refractivity contribution >= 4 is 29.1 Å². The molecule has 1 atom stereocenters. The van der Waals surface area contributed by atoms with Crippen LogP contribution in [0.3, 0.4) is 0 Å². The van der Waals surface area contributed by atoms with Crippen molar-refractivity contribution in [3.63, 3.8) is 0 Å². The Morgan fingerprint density at radius 1 is 1.03 bits per heavy atom. The van der Waals surface area contributed by atoms with Crippen molar-refractivity contribution in [3.05, 3.63) is 71.9 Å². The molecule has 1 fully saturated rings.